The minimum Gasteiger partial charge on any atom is -0.481 e. The van der Waals surface area contributed by atoms with Crippen LogP contribution in [0.5, 0.6) is 0 Å². The Labute approximate surface area is 107 Å². The first kappa shape index (κ1) is 12.9. The third-order valence-corrected chi connectivity index (χ3v) is 4.03. The summed E-state index contributed by atoms with van der Waals surface area (Å²) >= 11 is 0. The van der Waals surface area contributed by atoms with Crippen molar-refractivity contribution in [2.75, 3.05) is 12.3 Å². The van der Waals surface area contributed by atoms with Gasteiger partial charge in [-0.2, -0.15) is 0 Å². The van der Waals surface area contributed by atoms with Crippen molar-refractivity contribution in [3.8, 4) is 0 Å². The van der Waals surface area contributed by atoms with Gasteiger partial charge in [0, 0.05) is 24.8 Å². The molecule has 0 spiro atoms. The van der Waals surface area contributed by atoms with Gasteiger partial charge in [0.05, 0.1) is 5.92 Å². The molecular weight excluding hydrogens is 228 g/mol. The smallest absolute Gasteiger partial charge is 0.307 e. The van der Waals surface area contributed by atoms with Crippen molar-refractivity contribution in [3.63, 3.8) is 0 Å². The van der Waals surface area contributed by atoms with Crippen LogP contribution in [0.1, 0.15) is 25.0 Å². The highest BCUT2D eigenvalue weighted by molar-refractivity contribution is 5.70. The van der Waals surface area contributed by atoms with Gasteiger partial charge in [0.2, 0.25) is 0 Å². The number of benzene rings is 1. The van der Waals surface area contributed by atoms with E-state index in [1.54, 1.807) is 6.92 Å². The second kappa shape index (κ2) is 4.98. The van der Waals surface area contributed by atoms with Crippen LogP contribution in [0.25, 0.3) is 0 Å². The van der Waals surface area contributed by atoms with E-state index in [0.29, 0.717) is 0 Å². The number of rotatable bonds is 3. The average Bonchev–Trinajstić information content (AvgIpc) is 2.37. The van der Waals surface area contributed by atoms with Crippen LogP contribution in [0.3, 0.4) is 0 Å². The Bertz CT molecular complexity index is 459. The number of fused-ring (bicyclic) bond motifs is 1. The molecule has 0 amide bonds. The molecule has 18 heavy (non-hydrogen) atoms. The van der Waals surface area contributed by atoms with Crippen molar-refractivity contribution >= 4 is 11.7 Å². The Balaban J connectivity index is 2.17. The normalized spacial score (nSPS) is 19.0. The lowest BCUT2D eigenvalue weighted by molar-refractivity contribution is -0.143. The second-order valence-electron chi connectivity index (χ2n) is 5.07. The zero-order valence-corrected chi connectivity index (χ0v) is 10.9. The Morgan fingerprint density at radius 1 is 1.44 bits per heavy atom. The van der Waals surface area contributed by atoms with Crippen LogP contribution < -0.4 is 5.73 Å². The first-order valence-corrected chi connectivity index (χ1v) is 6.33. The molecule has 4 nitrogen and oxygen atoms in total. The topological polar surface area (TPSA) is 66.6 Å². The molecule has 2 unspecified atom stereocenters. The lowest BCUT2D eigenvalue weighted by Gasteiger charge is -2.36. The Kier molecular flexibility index (Phi) is 3.57. The van der Waals surface area contributed by atoms with Gasteiger partial charge >= 0.3 is 5.97 Å². The molecule has 0 bridgehead atoms. The van der Waals surface area contributed by atoms with E-state index in [1.165, 1.54) is 5.56 Å². The Morgan fingerprint density at radius 3 is 2.83 bits per heavy atom. The molecule has 3 N–H and O–H groups in total. The van der Waals surface area contributed by atoms with E-state index in [9.17, 15) is 4.79 Å². The summed E-state index contributed by atoms with van der Waals surface area (Å²) in [4.78, 5) is 13.3. The molecule has 1 aromatic rings. The zero-order chi connectivity index (χ0) is 13.3. The van der Waals surface area contributed by atoms with Crippen LogP contribution in [0.15, 0.2) is 18.2 Å². The molecule has 0 saturated heterocycles. The minimum absolute atomic E-state index is 0.0234. The third-order valence-electron chi connectivity index (χ3n) is 4.03. The van der Waals surface area contributed by atoms with Crippen LogP contribution in [0, 0.1) is 5.92 Å². The van der Waals surface area contributed by atoms with Crippen molar-refractivity contribution in [1.82, 2.24) is 4.90 Å². The molecule has 0 aromatic heterocycles. The molecule has 4 heteroatoms. The molecule has 1 aromatic carbocycles. The highest BCUT2D eigenvalue weighted by Gasteiger charge is 2.28. The van der Waals surface area contributed by atoms with E-state index < -0.39 is 5.97 Å². The number of carboxylic acids is 1. The molecule has 1 aliphatic heterocycles. The van der Waals surface area contributed by atoms with E-state index in [0.717, 1.165) is 30.8 Å². The lowest BCUT2D eigenvalue weighted by atomic mass is 9.94. The van der Waals surface area contributed by atoms with E-state index in [4.69, 9.17) is 10.8 Å². The molecule has 2 atom stereocenters. The highest BCUT2D eigenvalue weighted by Crippen LogP contribution is 2.27. The molecule has 98 valence electrons. The maximum absolute atomic E-state index is 11.0. The summed E-state index contributed by atoms with van der Waals surface area (Å²) in [5.74, 6) is -1.11. The van der Waals surface area contributed by atoms with Crippen LogP contribution in [-0.2, 0) is 17.8 Å². The maximum atomic E-state index is 11.0. The van der Waals surface area contributed by atoms with Crippen molar-refractivity contribution in [1.29, 1.82) is 0 Å². The molecular formula is C14H20N2O2. The summed E-state index contributed by atoms with van der Waals surface area (Å²) in [6.45, 7) is 5.38. The molecule has 0 saturated carbocycles. The van der Waals surface area contributed by atoms with E-state index >= 15 is 0 Å². The van der Waals surface area contributed by atoms with Gasteiger partial charge in [0.1, 0.15) is 0 Å². The fraction of sp³-hybridized carbons (Fsp3) is 0.500. The number of nitrogen functional groups attached to an aromatic ring is 1. The van der Waals surface area contributed by atoms with Crippen molar-refractivity contribution in [2.24, 2.45) is 5.92 Å². The van der Waals surface area contributed by atoms with Gasteiger partial charge in [-0.25, -0.2) is 0 Å². The predicted octanol–water partition coefficient (Wildman–Crippen LogP) is 1.74. The van der Waals surface area contributed by atoms with E-state index in [-0.39, 0.29) is 12.0 Å². The SMILES string of the molecule is CC(C(=O)O)C(C)N1CCc2cccc(N)c2C1. The zero-order valence-electron chi connectivity index (χ0n) is 10.9. The molecule has 0 aliphatic carbocycles. The number of nitrogens with two attached hydrogens (primary N) is 1. The van der Waals surface area contributed by atoms with Gasteiger partial charge in [-0.15, -0.1) is 0 Å². The van der Waals surface area contributed by atoms with Crippen molar-refractivity contribution < 1.29 is 9.90 Å². The number of anilines is 1. The van der Waals surface area contributed by atoms with Crippen LogP contribution >= 0.6 is 0 Å². The predicted molar refractivity (Wildman–Crippen MR) is 71.2 cm³/mol. The first-order valence-electron chi connectivity index (χ1n) is 6.33. The standard InChI is InChI=1S/C14H20N2O2/c1-9(14(17)18)10(2)16-7-6-11-4-3-5-13(15)12(11)8-16/h3-5,9-10H,6-8,15H2,1-2H3,(H,17,18). The highest BCUT2D eigenvalue weighted by atomic mass is 16.4. The number of aliphatic carboxylic acids is 1. The quantitative estimate of drug-likeness (QED) is 0.800. The molecule has 0 radical (unpaired) electrons. The molecule has 0 fully saturated rings. The van der Waals surface area contributed by atoms with Gasteiger partial charge in [0.15, 0.2) is 0 Å². The molecule has 2 rings (SSSR count). The number of hydrogen-bond acceptors (Lipinski definition) is 3. The number of nitrogens with zero attached hydrogens (tertiary/aromatic N) is 1. The fourth-order valence-electron chi connectivity index (χ4n) is 2.50. The molecule has 1 heterocycles. The van der Waals surface area contributed by atoms with Crippen LogP contribution in [0.4, 0.5) is 5.69 Å². The largest absolute Gasteiger partial charge is 0.481 e. The Morgan fingerprint density at radius 2 is 2.17 bits per heavy atom. The first-order chi connectivity index (χ1) is 8.50. The summed E-state index contributed by atoms with van der Waals surface area (Å²) < 4.78 is 0. The van der Waals surface area contributed by atoms with Gasteiger partial charge in [-0.3, -0.25) is 9.69 Å². The summed E-state index contributed by atoms with van der Waals surface area (Å²) in [6, 6.07) is 6.02. The minimum atomic E-state index is -0.741. The number of carboxylic acid groups (broad SMARTS) is 1. The van der Waals surface area contributed by atoms with Crippen molar-refractivity contribution in [3.05, 3.63) is 29.3 Å². The van der Waals surface area contributed by atoms with Gasteiger partial charge in [-0.1, -0.05) is 19.1 Å². The fourth-order valence-corrected chi connectivity index (χ4v) is 2.50. The Hall–Kier alpha value is -1.55. The van der Waals surface area contributed by atoms with E-state index in [2.05, 4.69) is 11.0 Å². The van der Waals surface area contributed by atoms with Crippen LogP contribution in [-0.4, -0.2) is 28.6 Å². The van der Waals surface area contributed by atoms with E-state index in [1.807, 2.05) is 19.1 Å². The maximum Gasteiger partial charge on any atom is 0.307 e. The molecule has 1 aliphatic rings. The van der Waals surface area contributed by atoms with Crippen LogP contribution in [0.2, 0.25) is 0 Å². The lowest BCUT2D eigenvalue weighted by Crippen LogP contribution is -2.43. The summed E-state index contributed by atoms with van der Waals surface area (Å²) in [5, 5.41) is 9.08. The second-order valence-corrected chi connectivity index (χ2v) is 5.07. The summed E-state index contributed by atoms with van der Waals surface area (Å²) in [5.41, 5.74) is 9.26. The third kappa shape index (κ3) is 2.34. The summed E-state index contributed by atoms with van der Waals surface area (Å²) in [6.07, 6.45) is 0.942. The number of hydrogen-bond donors (Lipinski definition) is 2. The number of carbonyl (C=O) groups is 1. The monoisotopic (exact) mass is 248 g/mol. The van der Waals surface area contributed by atoms with Crippen molar-refractivity contribution in [2.45, 2.75) is 32.9 Å². The van der Waals surface area contributed by atoms with Gasteiger partial charge in [0.25, 0.3) is 0 Å². The van der Waals surface area contributed by atoms with Gasteiger partial charge in [-0.05, 0) is 30.5 Å². The average molecular weight is 248 g/mol. The van der Waals surface area contributed by atoms with Gasteiger partial charge < -0.3 is 10.8 Å². The summed E-state index contributed by atoms with van der Waals surface area (Å²) in [7, 11) is 0.